The minimum absolute atomic E-state index is 0.254. The molecule has 2 rings (SSSR count). The number of para-hydroxylation sites is 1. The molecule has 1 heterocycles. The van der Waals surface area contributed by atoms with Gasteiger partial charge in [-0.3, -0.25) is 0 Å². The number of nitrogens with zero attached hydrogens (tertiary/aromatic N) is 2. The van der Waals surface area contributed by atoms with E-state index in [0.717, 1.165) is 11.3 Å². The van der Waals surface area contributed by atoms with Gasteiger partial charge in [-0.05, 0) is 18.6 Å². The number of carbonyl (C=O) groups excluding carboxylic acids is 2. The molecule has 1 fully saturated rings. The van der Waals surface area contributed by atoms with E-state index in [0.29, 0.717) is 13.1 Å². The van der Waals surface area contributed by atoms with Crippen molar-refractivity contribution in [2.45, 2.75) is 6.92 Å². The second-order valence-electron chi connectivity index (χ2n) is 4.10. The van der Waals surface area contributed by atoms with Crippen molar-refractivity contribution in [3.05, 3.63) is 29.8 Å². The normalized spacial score (nSPS) is 15.3. The molecule has 1 aromatic carbocycles. The molecule has 0 bridgehead atoms. The zero-order chi connectivity index (χ0) is 12.4. The number of hydrogen-bond donors (Lipinski definition) is 1. The SMILES string of the molecule is Cc1ccccc1NC(=O)N1CCN(C)C1=O. The monoisotopic (exact) mass is 233 g/mol. The smallest absolute Gasteiger partial charge is 0.326 e. The summed E-state index contributed by atoms with van der Waals surface area (Å²) in [6, 6.07) is 6.86. The van der Waals surface area contributed by atoms with Crippen molar-refractivity contribution < 1.29 is 9.59 Å². The lowest BCUT2D eigenvalue weighted by molar-refractivity contribution is 0.195. The van der Waals surface area contributed by atoms with Gasteiger partial charge in [-0.1, -0.05) is 18.2 Å². The third-order valence-electron chi connectivity index (χ3n) is 2.85. The fourth-order valence-corrected chi connectivity index (χ4v) is 1.73. The number of hydrogen-bond acceptors (Lipinski definition) is 2. The highest BCUT2D eigenvalue weighted by atomic mass is 16.2. The number of anilines is 1. The van der Waals surface area contributed by atoms with Crippen LogP contribution in [0, 0.1) is 6.92 Å². The van der Waals surface area contributed by atoms with Crippen LogP contribution in [0.15, 0.2) is 24.3 Å². The Hall–Kier alpha value is -2.04. The molecule has 90 valence electrons. The van der Waals surface area contributed by atoms with E-state index in [4.69, 9.17) is 0 Å². The molecule has 0 aromatic heterocycles. The molecular weight excluding hydrogens is 218 g/mol. The van der Waals surface area contributed by atoms with Gasteiger partial charge in [0.2, 0.25) is 0 Å². The predicted molar refractivity (Wildman–Crippen MR) is 64.9 cm³/mol. The summed E-state index contributed by atoms with van der Waals surface area (Å²) in [6.07, 6.45) is 0. The third-order valence-corrected chi connectivity index (χ3v) is 2.85. The van der Waals surface area contributed by atoms with Gasteiger partial charge in [-0.15, -0.1) is 0 Å². The molecule has 5 nitrogen and oxygen atoms in total. The Kier molecular flexibility index (Phi) is 2.99. The number of carbonyl (C=O) groups is 2. The molecule has 0 saturated carbocycles. The molecule has 0 radical (unpaired) electrons. The molecule has 1 saturated heterocycles. The lowest BCUT2D eigenvalue weighted by atomic mass is 10.2. The van der Waals surface area contributed by atoms with Crippen LogP contribution in [0.3, 0.4) is 0 Å². The van der Waals surface area contributed by atoms with Gasteiger partial charge in [0.25, 0.3) is 0 Å². The fourth-order valence-electron chi connectivity index (χ4n) is 1.73. The molecule has 5 heteroatoms. The van der Waals surface area contributed by atoms with E-state index in [1.807, 2.05) is 31.2 Å². The van der Waals surface area contributed by atoms with Crippen molar-refractivity contribution >= 4 is 17.7 Å². The predicted octanol–water partition coefficient (Wildman–Crippen LogP) is 1.89. The highest BCUT2D eigenvalue weighted by Crippen LogP contribution is 2.15. The van der Waals surface area contributed by atoms with E-state index in [9.17, 15) is 9.59 Å². The zero-order valence-corrected chi connectivity index (χ0v) is 9.93. The number of rotatable bonds is 1. The molecule has 0 aliphatic carbocycles. The van der Waals surface area contributed by atoms with E-state index in [1.54, 1.807) is 7.05 Å². The molecule has 0 unspecified atom stereocenters. The lowest BCUT2D eigenvalue weighted by Crippen LogP contribution is -2.38. The van der Waals surface area contributed by atoms with Crippen LogP contribution in [0.25, 0.3) is 0 Å². The standard InChI is InChI=1S/C12H15N3O2/c1-9-5-3-4-6-10(9)13-11(16)15-8-7-14(2)12(15)17/h3-6H,7-8H2,1-2H3,(H,13,16). The second-order valence-corrected chi connectivity index (χ2v) is 4.10. The van der Waals surface area contributed by atoms with Crippen LogP contribution in [0.2, 0.25) is 0 Å². The van der Waals surface area contributed by atoms with E-state index < -0.39 is 0 Å². The summed E-state index contributed by atoms with van der Waals surface area (Å²) in [6.45, 7) is 2.93. The molecular formula is C12H15N3O2. The minimum atomic E-state index is -0.367. The molecule has 0 atom stereocenters. The third kappa shape index (κ3) is 2.22. The maximum absolute atomic E-state index is 11.9. The largest absolute Gasteiger partial charge is 0.330 e. The highest BCUT2D eigenvalue weighted by molar-refractivity contribution is 6.01. The summed E-state index contributed by atoms with van der Waals surface area (Å²) in [5.41, 5.74) is 1.71. The summed E-state index contributed by atoms with van der Waals surface area (Å²) in [4.78, 5) is 26.2. The average Bonchev–Trinajstić information content (AvgIpc) is 2.63. The van der Waals surface area contributed by atoms with Crippen molar-refractivity contribution in [3.8, 4) is 0 Å². The Morgan fingerprint density at radius 1 is 1.29 bits per heavy atom. The first kappa shape index (κ1) is 11.4. The van der Waals surface area contributed by atoms with Gasteiger partial charge in [0.1, 0.15) is 0 Å². The molecule has 1 aliphatic rings. The van der Waals surface area contributed by atoms with Gasteiger partial charge in [0.05, 0.1) is 0 Å². The number of imide groups is 1. The van der Waals surface area contributed by atoms with E-state index in [1.165, 1.54) is 9.80 Å². The minimum Gasteiger partial charge on any atom is -0.326 e. The van der Waals surface area contributed by atoms with Crippen molar-refractivity contribution in [1.82, 2.24) is 9.80 Å². The van der Waals surface area contributed by atoms with Crippen molar-refractivity contribution in [3.63, 3.8) is 0 Å². The number of urea groups is 2. The van der Waals surface area contributed by atoms with Crippen molar-refractivity contribution in [1.29, 1.82) is 0 Å². The Labute approximate surface area is 100 Å². The van der Waals surface area contributed by atoms with Crippen molar-refractivity contribution in [2.24, 2.45) is 0 Å². The van der Waals surface area contributed by atoms with Gasteiger partial charge in [-0.2, -0.15) is 0 Å². The van der Waals surface area contributed by atoms with Crippen LogP contribution in [0.1, 0.15) is 5.56 Å². The summed E-state index contributed by atoms with van der Waals surface area (Å²) >= 11 is 0. The summed E-state index contributed by atoms with van der Waals surface area (Å²) in [5.74, 6) is 0. The van der Waals surface area contributed by atoms with E-state index >= 15 is 0 Å². The Morgan fingerprint density at radius 2 is 2.00 bits per heavy atom. The molecule has 0 spiro atoms. The number of aryl methyl sites for hydroxylation is 1. The molecule has 1 aromatic rings. The van der Waals surface area contributed by atoms with Crippen LogP contribution in [-0.4, -0.2) is 42.0 Å². The second kappa shape index (κ2) is 4.45. The van der Waals surface area contributed by atoms with Crippen LogP contribution < -0.4 is 5.32 Å². The zero-order valence-electron chi connectivity index (χ0n) is 9.93. The van der Waals surface area contributed by atoms with Crippen LogP contribution in [0.5, 0.6) is 0 Å². The van der Waals surface area contributed by atoms with Gasteiger partial charge in [-0.25, -0.2) is 14.5 Å². The van der Waals surface area contributed by atoms with Gasteiger partial charge < -0.3 is 10.2 Å². The lowest BCUT2D eigenvalue weighted by Gasteiger charge is -2.16. The summed E-state index contributed by atoms with van der Waals surface area (Å²) in [7, 11) is 1.68. The Morgan fingerprint density at radius 3 is 2.59 bits per heavy atom. The molecule has 1 aliphatic heterocycles. The highest BCUT2D eigenvalue weighted by Gasteiger charge is 2.30. The van der Waals surface area contributed by atoms with Gasteiger partial charge in [0, 0.05) is 25.8 Å². The Balaban J connectivity index is 2.08. The fraction of sp³-hybridized carbons (Fsp3) is 0.333. The number of nitrogens with one attached hydrogen (secondary N) is 1. The van der Waals surface area contributed by atoms with Crippen LogP contribution in [-0.2, 0) is 0 Å². The van der Waals surface area contributed by atoms with E-state index in [-0.39, 0.29) is 12.1 Å². The topological polar surface area (TPSA) is 52.7 Å². The van der Waals surface area contributed by atoms with Crippen LogP contribution in [0.4, 0.5) is 15.3 Å². The average molecular weight is 233 g/mol. The first-order valence-corrected chi connectivity index (χ1v) is 5.49. The number of benzene rings is 1. The quantitative estimate of drug-likeness (QED) is 0.805. The Bertz CT molecular complexity index is 459. The first-order valence-electron chi connectivity index (χ1n) is 5.49. The van der Waals surface area contributed by atoms with E-state index in [2.05, 4.69) is 5.32 Å². The number of amides is 4. The molecule has 1 N–H and O–H groups in total. The maximum atomic E-state index is 11.9. The van der Waals surface area contributed by atoms with Gasteiger partial charge in [0.15, 0.2) is 0 Å². The van der Waals surface area contributed by atoms with Crippen molar-refractivity contribution in [2.75, 3.05) is 25.5 Å². The van der Waals surface area contributed by atoms with Crippen LogP contribution >= 0.6 is 0 Å². The van der Waals surface area contributed by atoms with Gasteiger partial charge >= 0.3 is 12.1 Å². The molecule has 17 heavy (non-hydrogen) atoms. The summed E-state index contributed by atoms with van der Waals surface area (Å²) < 4.78 is 0. The number of likely N-dealkylation sites (N-methyl/N-ethyl adjacent to an activating group) is 1. The maximum Gasteiger partial charge on any atom is 0.330 e. The molecule has 4 amide bonds. The summed E-state index contributed by atoms with van der Waals surface area (Å²) in [5, 5.41) is 2.74. The first-order chi connectivity index (χ1) is 8.09.